The van der Waals surface area contributed by atoms with E-state index in [1.165, 1.54) is 29.6 Å². The van der Waals surface area contributed by atoms with Crippen LogP contribution in [0.15, 0.2) is 0 Å². The third-order valence-corrected chi connectivity index (χ3v) is 4.54. The molecule has 0 aromatic heterocycles. The average molecular weight is 387 g/mol. The Labute approximate surface area is 152 Å². The monoisotopic (exact) mass is 387 g/mol. The van der Waals surface area contributed by atoms with Crippen LogP contribution in [-0.2, 0) is 24.3 Å². The molecule has 123 valence electrons. The Bertz CT molecular complexity index is 262. The first kappa shape index (κ1) is 22.3. The van der Waals surface area contributed by atoms with Crippen LogP contribution >= 0.6 is 0 Å². The fourth-order valence-electron chi connectivity index (χ4n) is 2.62. The van der Waals surface area contributed by atoms with Gasteiger partial charge in [-0.15, -0.1) is 0 Å². The molecule has 0 aromatic carbocycles. The zero-order valence-electron chi connectivity index (χ0n) is 14.6. The van der Waals surface area contributed by atoms with Gasteiger partial charge in [0.05, 0.1) is 0 Å². The number of ketones is 1. The van der Waals surface area contributed by atoms with E-state index in [1.54, 1.807) is 6.92 Å². The molecule has 0 spiro atoms. The molecule has 2 rings (SSSR count). The quantitative estimate of drug-likeness (QED) is 0.483. The third-order valence-electron chi connectivity index (χ3n) is 4.54. The van der Waals surface area contributed by atoms with Crippen LogP contribution < -0.4 is 0 Å². The molecule has 0 aliphatic heterocycles. The van der Waals surface area contributed by atoms with Gasteiger partial charge in [0.25, 0.3) is 0 Å². The van der Waals surface area contributed by atoms with Crippen molar-refractivity contribution in [1.29, 1.82) is 0 Å². The Kier molecular flexibility index (Phi) is 11.1. The second kappa shape index (κ2) is 11.0. The van der Waals surface area contributed by atoms with Gasteiger partial charge in [-0.1, -0.05) is 34.6 Å². The first-order chi connectivity index (χ1) is 9.84. The summed E-state index contributed by atoms with van der Waals surface area (Å²) in [7, 11) is 0. The van der Waals surface area contributed by atoms with Gasteiger partial charge in [-0.25, -0.2) is 0 Å². The topological polar surface area (TPSA) is 17.1 Å². The summed E-state index contributed by atoms with van der Waals surface area (Å²) in [5.41, 5.74) is 0. The van der Waals surface area contributed by atoms with Crippen molar-refractivity contribution in [1.82, 2.24) is 0 Å². The van der Waals surface area contributed by atoms with Crippen molar-refractivity contribution in [2.24, 2.45) is 5.92 Å². The maximum absolute atomic E-state index is 10.8. The van der Waals surface area contributed by atoms with Gasteiger partial charge in [0.1, 0.15) is 5.78 Å². The molecule has 0 saturated heterocycles. The smallest absolute Gasteiger partial charge is 0.130 e. The minimum atomic E-state index is 0. The summed E-state index contributed by atoms with van der Waals surface area (Å²) in [6.07, 6.45) is 11.9. The zero-order valence-corrected chi connectivity index (χ0v) is 16.3. The van der Waals surface area contributed by atoms with E-state index in [4.69, 9.17) is 0 Å². The van der Waals surface area contributed by atoms with Gasteiger partial charge < -0.3 is 4.79 Å². The molecule has 2 fully saturated rings. The number of hydrogen-bond acceptors (Lipinski definition) is 1. The van der Waals surface area contributed by atoms with E-state index in [2.05, 4.69) is 47.5 Å². The van der Waals surface area contributed by atoms with Crippen LogP contribution in [0.3, 0.4) is 0 Å². The van der Waals surface area contributed by atoms with E-state index in [1.807, 2.05) is 19.3 Å². The average Bonchev–Trinajstić information content (AvgIpc) is 2.67. The zero-order chi connectivity index (χ0) is 16.0. The molecule has 2 saturated carbocycles. The summed E-state index contributed by atoms with van der Waals surface area (Å²) in [6.45, 7) is 12.6. The molecular formula is C20H28ORh. The minimum absolute atomic E-state index is 0. The maximum Gasteiger partial charge on any atom is 0.130 e. The molecule has 0 heterocycles. The Morgan fingerprint density at radius 2 is 1.36 bits per heavy atom. The van der Waals surface area contributed by atoms with Crippen molar-refractivity contribution in [3.8, 4) is 0 Å². The molecule has 1 unspecified atom stereocenters. The van der Waals surface area contributed by atoms with Gasteiger partial charge in [0.15, 0.2) is 0 Å². The summed E-state index contributed by atoms with van der Waals surface area (Å²) >= 11 is 0. The van der Waals surface area contributed by atoms with Gasteiger partial charge in [0, 0.05) is 25.9 Å². The number of carbonyl (C=O) groups is 1. The fraction of sp³-hybridized carbons (Fsp3) is 0.450. The van der Waals surface area contributed by atoms with Crippen LogP contribution in [0.4, 0.5) is 0 Å². The van der Waals surface area contributed by atoms with Crippen LogP contribution in [-0.4, -0.2) is 5.78 Å². The Hall–Kier alpha value is 0.293. The SMILES string of the molecule is CC(=O)CC1[CH][CH][CH][CH][CH]C1.C[C]1[C](C)[C](C)[C](C)[C]1C.[Rh]. The van der Waals surface area contributed by atoms with E-state index in [0.29, 0.717) is 12.3 Å². The Morgan fingerprint density at radius 3 is 1.77 bits per heavy atom. The van der Waals surface area contributed by atoms with Crippen molar-refractivity contribution in [2.75, 3.05) is 0 Å². The Morgan fingerprint density at radius 1 is 0.909 bits per heavy atom. The molecule has 1 nitrogen and oxygen atoms in total. The van der Waals surface area contributed by atoms with Gasteiger partial charge in [-0.2, -0.15) is 0 Å². The summed E-state index contributed by atoms with van der Waals surface area (Å²) in [4.78, 5) is 10.8. The van der Waals surface area contributed by atoms with Crippen LogP contribution in [0.25, 0.3) is 0 Å². The number of hydrogen-bond donors (Lipinski definition) is 0. The summed E-state index contributed by atoms with van der Waals surface area (Å²) in [5, 5.41) is 0. The van der Waals surface area contributed by atoms with Crippen LogP contribution in [0.1, 0.15) is 54.4 Å². The van der Waals surface area contributed by atoms with Crippen LogP contribution in [0, 0.1) is 67.6 Å². The van der Waals surface area contributed by atoms with E-state index in [9.17, 15) is 4.79 Å². The first-order valence-electron chi connectivity index (χ1n) is 7.70. The maximum atomic E-state index is 10.8. The first-order valence-corrected chi connectivity index (χ1v) is 7.70. The molecule has 2 aliphatic carbocycles. The van der Waals surface area contributed by atoms with Crippen molar-refractivity contribution in [2.45, 2.75) is 54.4 Å². The fourth-order valence-corrected chi connectivity index (χ4v) is 2.62. The molecule has 0 amide bonds. The second-order valence-corrected chi connectivity index (χ2v) is 6.03. The van der Waals surface area contributed by atoms with E-state index >= 15 is 0 Å². The molecule has 0 N–H and O–H groups in total. The molecule has 0 aromatic rings. The van der Waals surface area contributed by atoms with E-state index in [0.717, 1.165) is 6.42 Å². The number of rotatable bonds is 2. The molecular weight excluding hydrogens is 359 g/mol. The van der Waals surface area contributed by atoms with Crippen LogP contribution in [0.2, 0.25) is 0 Å². The van der Waals surface area contributed by atoms with E-state index < -0.39 is 0 Å². The summed E-state index contributed by atoms with van der Waals surface area (Å²) in [5.74, 6) is 8.03. The Balaban J connectivity index is 0.000000385. The molecule has 2 aliphatic rings. The van der Waals surface area contributed by atoms with Crippen LogP contribution in [0.5, 0.6) is 0 Å². The summed E-state index contributed by atoms with van der Waals surface area (Å²) < 4.78 is 0. The van der Waals surface area contributed by atoms with Crippen molar-refractivity contribution >= 4 is 5.78 Å². The normalized spacial score (nSPS) is 23.5. The molecule has 0 bridgehead atoms. The predicted octanol–water partition coefficient (Wildman–Crippen LogP) is 4.98. The number of carbonyl (C=O) groups excluding carboxylic acids is 1. The summed E-state index contributed by atoms with van der Waals surface area (Å²) in [6, 6.07) is 0. The van der Waals surface area contributed by atoms with E-state index in [-0.39, 0.29) is 25.3 Å². The molecule has 22 heavy (non-hydrogen) atoms. The second-order valence-electron chi connectivity index (χ2n) is 6.03. The van der Waals surface area contributed by atoms with Gasteiger partial charge in [0.2, 0.25) is 0 Å². The van der Waals surface area contributed by atoms with Gasteiger partial charge >= 0.3 is 0 Å². The largest absolute Gasteiger partial charge is 0.300 e. The predicted molar refractivity (Wildman–Crippen MR) is 89.5 cm³/mol. The molecule has 2 heteroatoms. The van der Waals surface area contributed by atoms with Crippen molar-refractivity contribution < 1.29 is 24.3 Å². The van der Waals surface area contributed by atoms with Gasteiger partial charge in [-0.05, 0) is 81.0 Å². The molecule has 11 radical (unpaired) electrons. The number of Topliss-reactive ketones (excluding diaryl/α,β-unsaturated/α-hetero) is 1. The molecule has 1 atom stereocenters. The minimum Gasteiger partial charge on any atom is -0.300 e. The van der Waals surface area contributed by atoms with Crippen molar-refractivity contribution in [3.05, 3.63) is 61.7 Å². The standard InChI is InChI=1S/C10H13O.C10H15.Rh/c1-9(11)8-10-6-4-2-3-5-7-10;1-6-7(2)9(4)10(5)8(6)3;/h2-6,10H,7-8H2,1H3;1-5H3;. The van der Waals surface area contributed by atoms with Crippen molar-refractivity contribution in [3.63, 3.8) is 0 Å². The third kappa shape index (κ3) is 6.81. The van der Waals surface area contributed by atoms with Gasteiger partial charge in [-0.3, -0.25) is 0 Å².